The Hall–Kier alpha value is -1.14. The summed E-state index contributed by atoms with van der Waals surface area (Å²) < 4.78 is 11.8. The average Bonchev–Trinajstić information content (AvgIpc) is 3.14. The zero-order chi connectivity index (χ0) is 18.8. The van der Waals surface area contributed by atoms with Crippen molar-refractivity contribution in [2.24, 2.45) is 11.8 Å². The second-order valence-corrected chi connectivity index (χ2v) is 7.74. The highest BCUT2D eigenvalue weighted by atomic mass is 79.9. The Morgan fingerprint density at radius 1 is 1.31 bits per heavy atom. The van der Waals surface area contributed by atoms with Crippen LogP contribution < -0.4 is 4.74 Å². The number of hydrogen-bond acceptors (Lipinski definition) is 4. The zero-order valence-electron chi connectivity index (χ0n) is 15.3. The highest BCUT2D eigenvalue weighted by molar-refractivity contribution is 9.11. The molecule has 0 aliphatic heterocycles. The van der Waals surface area contributed by atoms with Crippen LogP contribution in [-0.4, -0.2) is 36.6 Å². The minimum absolute atomic E-state index is 0.0108. The fraction of sp³-hybridized carbons (Fsp3) is 0.524. The van der Waals surface area contributed by atoms with E-state index in [1.165, 1.54) is 0 Å². The maximum atomic E-state index is 10.5. The summed E-state index contributed by atoms with van der Waals surface area (Å²) in [5.41, 5.74) is 1.13. The van der Waals surface area contributed by atoms with Crippen molar-refractivity contribution in [1.29, 1.82) is 0 Å². The minimum Gasteiger partial charge on any atom is -0.497 e. The summed E-state index contributed by atoms with van der Waals surface area (Å²) in [6, 6.07) is 7.92. The van der Waals surface area contributed by atoms with Crippen molar-refractivity contribution in [3.05, 3.63) is 52.5 Å². The molecular formula is C21H29BrO4. The molecule has 0 aromatic heterocycles. The number of benzene rings is 1. The van der Waals surface area contributed by atoms with E-state index in [0.717, 1.165) is 35.1 Å². The van der Waals surface area contributed by atoms with Crippen molar-refractivity contribution < 1.29 is 19.7 Å². The van der Waals surface area contributed by atoms with Crippen molar-refractivity contribution >= 4 is 15.9 Å². The first-order valence-electron chi connectivity index (χ1n) is 9.14. The topological polar surface area (TPSA) is 58.9 Å². The molecule has 1 saturated carbocycles. The van der Waals surface area contributed by atoms with Gasteiger partial charge in [0, 0.05) is 4.48 Å². The summed E-state index contributed by atoms with van der Waals surface area (Å²) in [5.74, 6) is 1.55. The lowest BCUT2D eigenvalue weighted by molar-refractivity contribution is 0.0301. The Kier molecular flexibility index (Phi) is 9.40. The van der Waals surface area contributed by atoms with Crippen LogP contribution in [0.4, 0.5) is 0 Å². The van der Waals surface area contributed by atoms with E-state index in [4.69, 9.17) is 14.6 Å². The van der Waals surface area contributed by atoms with Gasteiger partial charge in [-0.15, -0.1) is 0 Å². The summed E-state index contributed by atoms with van der Waals surface area (Å²) >= 11 is 3.25. The fourth-order valence-corrected chi connectivity index (χ4v) is 3.60. The minimum atomic E-state index is -0.343. The first-order chi connectivity index (χ1) is 12.6. The highest BCUT2D eigenvalue weighted by Crippen LogP contribution is 2.35. The molecule has 5 heteroatoms. The smallest absolute Gasteiger partial charge is 0.118 e. The molecular weight excluding hydrogens is 396 g/mol. The molecule has 144 valence electrons. The number of aliphatic hydroxyl groups is 2. The van der Waals surface area contributed by atoms with Crippen LogP contribution in [0, 0.1) is 11.8 Å². The van der Waals surface area contributed by atoms with Crippen LogP contribution in [0.2, 0.25) is 0 Å². The molecule has 0 spiro atoms. The number of ether oxygens (including phenoxy) is 2. The number of aliphatic hydroxyl groups excluding tert-OH is 2. The fourth-order valence-electron chi connectivity index (χ4n) is 3.45. The van der Waals surface area contributed by atoms with Gasteiger partial charge in [-0.2, -0.15) is 0 Å². The average molecular weight is 425 g/mol. The molecule has 0 radical (unpaired) electrons. The monoisotopic (exact) mass is 424 g/mol. The molecule has 1 aliphatic carbocycles. The van der Waals surface area contributed by atoms with Crippen molar-refractivity contribution in [1.82, 2.24) is 0 Å². The van der Waals surface area contributed by atoms with Crippen LogP contribution in [0.1, 0.15) is 31.2 Å². The second-order valence-electron chi connectivity index (χ2n) is 6.72. The largest absolute Gasteiger partial charge is 0.497 e. The Bertz CT molecular complexity index is 582. The van der Waals surface area contributed by atoms with E-state index in [1.807, 2.05) is 36.4 Å². The summed E-state index contributed by atoms with van der Waals surface area (Å²) in [7, 11) is 1.66. The van der Waals surface area contributed by atoms with E-state index in [-0.39, 0.29) is 12.7 Å². The summed E-state index contributed by atoms with van der Waals surface area (Å²) in [6.07, 6.45) is 9.23. The van der Waals surface area contributed by atoms with Gasteiger partial charge in [-0.3, -0.25) is 0 Å². The molecule has 0 unspecified atom stereocenters. The predicted molar refractivity (Wildman–Crippen MR) is 107 cm³/mol. The van der Waals surface area contributed by atoms with Gasteiger partial charge in [0.1, 0.15) is 5.75 Å². The van der Waals surface area contributed by atoms with Crippen molar-refractivity contribution in [3.63, 3.8) is 0 Å². The highest BCUT2D eigenvalue weighted by Gasteiger charge is 2.32. The Labute approximate surface area is 164 Å². The van der Waals surface area contributed by atoms with E-state index in [2.05, 4.69) is 15.9 Å². The third-order valence-corrected chi connectivity index (χ3v) is 5.43. The molecule has 0 amide bonds. The van der Waals surface area contributed by atoms with Gasteiger partial charge in [-0.1, -0.05) is 52.7 Å². The van der Waals surface area contributed by atoms with Gasteiger partial charge < -0.3 is 19.7 Å². The number of hydrogen-bond donors (Lipinski definition) is 2. The molecule has 1 fully saturated rings. The lowest BCUT2D eigenvalue weighted by atomic mass is 9.89. The molecule has 1 aromatic rings. The van der Waals surface area contributed by atoms with Crippen LogP contribution in [0.25, 0.3) is 0 Å². The summed E-state index contributed by atoms with van der Waals surface area (Å²) in [5, 5.41) is 19.4. The molecule has 26 heavy (non-hydrogen) atoms. The van der Waals surface area contributed by atoms with E-state index in [9.17, 15) is 5.11 Å². The number of allylic oxidation sites excluding steroid dienone is 2. The normalized spacial score (nSPS) is 22.1. The van der Waals surface area contributed by atoms with Gasteiger partial charge in [0.15, 0.2) is 0 Å². The van der Waals surface area contributed by atoms with Crippen molar-refractivity contribution in [3.8, 4) is 5.75 Å². The van der Waals surface area contributed by atoms with Gasteiger partial charge in [0.2, 0.25) is 0 Å². The molecule has 4 nitrogen and oxygen atoms in total. The van der Waals surface area contributed by atoms with Gasteiger partial charge in [-0.25, -0.2) is 0 Å². The maximum Gasteiger partial charge on any atom is 0.118 e. The van der Waals surface area contributed by atoms with Crippen LogP contribution in [0.5, 0.6) is 5.75 Å². The van der Waals surface area contributed by atoms with Gasteiger partial charge in [0.05, 0.1) is 33.0 Å². The van der Waals surface area contributed by atoms with Gasteiger partial charge in [-0.05, 0) is 48.8 Å². The predicted octanol–water partition coefficient (Wildman–Crippen LogP) is 4.21. The van der Waals surface area contributed by atoms with Crippen LogP contribution in [0.3, 0.4) is 0 Å². The molecule has 1 aromatic carbocycles. The quantitative estimate of drug-likeness (QED) is 0.552. The van der Waals surface area contributed by atoms with Crippen molar-refractivity contribution in [2.75, 3.05) is 20.3 Å². The maximum absolute atomic E-state index is 10.5. The van der Waals surface area contributed by atoms with E-state index < -0.39 is 0 Å². The number of halogens is 1. The third kappa shape index (κ3) is 6.88. The van der Waals surface area contributed by atoms with Crippen LogP contribution >= 0.6 is 15.9 Å². The summed E-state index contributed by atoms with van der Waals surface area (Å²) in [6.45, 7) is 1.26. The first-order valence-corrected chi connectivity index (χ1v) is 9.94. The van der Waals surface area contributed by atoms with E-state index in [0.29, 0.717) is 31.5 Å². The molecule has 2 N–H and O–H groups in total. The molecule has 0 bridgehead atoms. The molecule has 3 atom stereocenters. The Morgan fingerprint density at radius 2 is 2.08 bits per heavy atom. The number of methoxy groups -OCH3 is 1. The Morgan fingerprint density at radius 3 is 2.77 bits per heavy atom. The van der Waals surface area contributed by atoms with Gasteiger partial charge >= 0.3 is 0 Å². The molecule has 0 saturated heterocycles. The first kappa shape index (κ1) is 21.2. The lowest BCUT2D eigenvalue weighted by Crippen LogP contribution is -2.26. The SMILES string of the molecule is COc1ccc(COC[C@@H]2CCC[C@H]2[C@@H](O)C/C=C/C=C(\Br)CO)cc1. The van der Waals surface area contributed by atoms with E-state index in [1.54, 1.807) is 13.2 Å². The van der Waals surface area contributed by atoms with Crippen molar-refractivity contribution in [2.45, 2.75) is 38.4 Å². The van der Waals surface area contributed by atoms with Crippen LogP contribution in [-0.2, 0) is 11.3 Å². The van der Waals surface area contributed by atoms with Gasteiger partial charge in [0.25, 0.3) is 0 Å². The third-order valence-electron chi connectivity index (χ3n) is 4.91. The lowest BCUT2D eigenvalue weighted by Gasteiger charge is -2.24. The Balaban J connectivity index is 1.75. The molecule has 0 heterocycles. The van der Waals surface area contributed by atoms with E-state index >= 15 is 0 Å². The zero-order valence-corrected chi connectivity index (χ0v) is 16.9. The second kappa shape index (κ2) is 11.5. The summed E-state index contributed by atoms with van der Waals surface area (Å²) in [4.78, 5) is 0. The van der Waals surface area contributed by atoms with Crippen LogP contribution in [0.15, 0.2) is 47.0 Å². The molecule has 2 rings (SSSR count). The molecule has 1 aliphatic rings. The number of rotatable bonds is 10. The standard InChI is InChI=1S/C21H29BrO4/c1-25-19-11-9-16(10-12-19)14-26-15-17-5-4-7-20(17)21(24)8-3-2-6-18(22)13-23/h2-3,6,9-12,17,20-21,23-24H,4-5,7-8,13-15H2,1H3/b3-2+,18-6-/t17-,20+,21-/m0/s1.